The van der Waals surface area contributed by atoms with Crippen LogP contribution in [-0.2, 0) is 24.0 Å². The van der Waals surface area contributed by atoms with E-state index in [0.717, 1.165) is 28.2 Å². The number of thioether (sulfide) groups is 2. The standard InChI is InChI=1S/C34H31N7O5S3/c1-2-17-45-39-25(28-38-33(35)49-40-28)29(42)37-26-30(43)41-20-34(21-47-31(26)41,48-18-15-22-10-9-16-36-19-22)32(44)46-27(23-11-5-3-6-12-23)24-13-7-4-8-14-24/h2-16,18-19,26-27,31H,1,17,20-21H2,(H,37,42)(H2,35,38,40)/t26?,31-,34?/m1/s1. The summed E-state index contributed by atoms with van der Waals surface area (Å²) in [6.07, 6.45) is 6.08. The molecule has 2 aromatic heterocycles. The van der Waals surface area contributed by atoms with Gasteiger partial charge in [0.25, 0.3) is 5.91 Å². The van der Waals surface area contributed by atoms with Gasteiger partial charge in [-0.15, -0.1) is 23.5 Å². The lowest BCUT2D eigenvalue weighted by Crippen LogP contribution is -2.75. The maximum absolute atomic E-state index is 14.4. The summed E-state index contributed by atoms with van der Waals surface area (Å²) in [7, 11) is 0. The minimum atomic E-state index is -1.15. The molecule has 250 valence electrons. The topological polar surface area (TPSA) is 162 Å². The van der Waals surface area contributed by atoms with Gasteiger partial charge in [-0.2, -0.15) is 9.36 Å². The van der Waals surface area contributed by atoms with Crippen molar-refractivity contribution in [2.45, 2.75) is 22.3 Å². The molecule has 4 heterocycles. The lowest BCUT2D eigenvalue weighted by molar-refractivity contribution is -0.155. The van der Waals surface area contributed by atoms with Crippen molar-refractivity contribution in [2.24, 2.45) is 5.16 Å². The van der Waals surface area contributed by atoms with Gasteiger partial charge in [0.2, 0.25) is 17.4 Å². The summed E-state index contributed by atoms with van der Waals surface area (Å²) in [5.41, 5.74) is 8.01. The number of ether oxygens (including phenoxy) is 1. The van der Waals surface area contributed by atoms with Crippen LogP contribution >= 0.6 is 35.1 Å². The van der Waals surface area contributed by atoms with Gasteiger partial charge >= 0.3 is 5.97 Å². The quantitative estimate of drug-likeness (QED) is 0.0508. The van der Waals surface area contributed by atoms with Gasteiger partial charge in [0, 0.05) is 36.2 Å². The van der Waals surface area contributed by atoms with Crippen molar-refractivity contribution >= 4 is 69.8 Å². The van der Waals surface area contributed by atoms with Crippen LogP contribution in [0, 0.1) is 0 Å². The Labute approximate surface area is 295 Å². The number of nitrogens with two attached hydrogens (primary N) is 1. The SMILES string of the molecule is C=CCON=C(C(=O)NC1C(=O)N2CC(SC=Cc3cccnc3)(C(=O)OC(c3ccccc3)c3ccccc3)CS[C@H]12)c1nsc(N)n1. The lowest BCUT2D eigenvalue weighted by Gasteiger charge is -2.53. The van der Waals surface area contributed by atoms with Crippen LogP contribution < -0.4 is 11.1 Å². The smallest absolute Gasteiger partial charge is 0.326 e. The number of anilines is 1. The highest BCUT2D eigenvalue weighted by molar-refractivity contribution is 8.06. The number of nitrogens with one attached hydrogen (secondary N) is 1. The number of aromatic nitrogens is 3. The number of nitrogens with zero attached hydrogens (tertiary/aromatic N) is 5. The number of carbonyl (C=O) groups excluding carboxylic acids is 3. The van der Waals surface area contributed by atoms with Crippen molar-refractivity contribution in [3.05, 3.63) is 126 Å². The first-order chi connectivity index (χ1) is 23.9. The first-order valence-electron chi connectivity index (χ1n) is 15.1. The van der Waals surface area contributed by atoms with Gasteiger partial charge in [0.05, 0.1) is 0 Å². The second-order valence-electron chi connectivity index (χ2n) is 10.9. The molecule has 0 radical (unpaired) electrons. The molecule has 2 aliphatic rings. The van der Waals surface area contributed by atoms with Gasteiger partial charge < -0.3 is 25.5 Å². The molecular formula is C34H31N7O5S3. The van der Waals surface area contributed by atoms with Crippen LogP contribution in [0.5, 0.6) is 0 Å². The molecule has 6 rings (SSSR count). The molecule has 12 nitrogen and oxygen atoms in total. The minimum absolute atomic E-state index is 0.0195. The first kappa shape index (κ1) is 33.9. The Morgan fingerprint density at radius 2 is 1.88 bits per heavy atom. The number of β-lactam (4-membered cyclic amide) rings is 1. The predicted molar refractivity (Wildman–Crippen MR) is 191 cm³/mol. The minimum Gasteiger partial charge on any atom is -0.451 e. The van der Waals surface area contributed by atoms with E-state index in [1.807, 2.05) is 84.3 Å². The van der Waals surface area contributed by atoms with E-state index in [-0.39, 0.29) is 35.7 Å². The zero-order valence-corrected chi connectivity index (χ0v) is 28.4. The zero-order valence-electron chi connectivity index (χ0n) is 26.0. The first-order valence-corrected chi connectivity index (χ1v) is 17.8. The Morgan fingerprint density at radius 3 is 2.51 bits per heavy atom. The van der Waals surface area contributed by atoms with Crippen molar-refractivity contribution in [3.8, 4) is 0 Å². The molecule has 2 saturated heterocycles. The Hall–Kier alpha value is -4.99. The monoisotopic (exact) mass is 713 g/mol. The molecule has 3 atom stereocenters. The highest BCUT2D eigenvalue weighted by Crippen LogP contribution is 2.46. The van der Waals surface area contributed by atoms with Crippen LogP contribution in [0.4, 0.5) is 5.13 Å². The number of hydrogen-bond donors (Lipinski definition) is 2. The van der Waals surface area contributed by atoms with Gasteiger partial charge in [0.1, 0.15) is 22.8 Å². The predicted octanol–water partition coefficient (Wildman–Crippen LogP) is 4.30. The molecule has 2 aromatic carbocycles. The van der Waals surface area contributed by atoms with Crippen LogP contribution in [0.25, 0.3) is 6.08 Å². The average Bonchev–Trinajstić information content (AvgIpc) is 3.57. The Balaban J connectivity index is 1.23. The molecule has 0 saturated carbocycles. The molecule has 3 N–H and O–H groups in total. The van der Waals surface area contributed by atoms with E-state index in [2.05, 4.69) is 31.4 Å². The summed E-state index contributed by atoms with van der Waals surface area (Å²) in [6, 6.07) is 21.9. The highest BCUT2D eigenvalue weighted by atomic mass is 32.2. The molecule has 0 aliphatic carbocycles. The van der Waals surface area contributed by atoms with E-state index in [0.29, 0.717) is 5.75 Å². The van der Waals surface area contributed by atoms with E-state index in [1.165, 1.54) is 29.6 Å². The zero-order chi connectivity index (χ0) is 34.2. The number of hydrogen-bond acceptors (Lipinski definition) is 13. The van der Waals surface area contributed by atoms with Gasteiger partial charge in [-0.25, -0.2) is 0 Å². The van der Waals surface area contributed by atoms with Crippen molar-refractivity contribution < 1.29 is 24.0 Å². The van der Waals surface area contributed by atoms with E-state index in [4.69, 9.17) is 15.3 Å². The molecule has 0 bridgehead atoms. The highest BCUT2D eigenvalue weighted by Gasteiger charge is 2.58. The third-order valence-electron chi connectivity index (χ3n) is 7.60. The summed E-state index contributed by atoms with van der Waals surface area (Å²) < 4.78 is 9.26. The van der Waals surface area contributed by atoms with Crippen LogP contribution in [0.1, 0.15) is 28.6 Å². The number of amides is 2. The molecule has 2 amide bonds. The number of fused-ring (bicyclic) bond motifs is 1. The summed E-state index contributed by atoms with van der Waals surface area (Å²) >= 11 is 3.59. The molecule has 15 heteroatoms. The molecule has 2 unspecified atom stereocenters. The lowest BCUT2D eigenvalue weighted by atomic mass is 10.00. The number of esters is 1. The fraction of sp³-hybridized carbons (Fsp3) is 0.206. The van der Waals surface area contributed by atoms with Gasteiger partial charge in [0.15, 0.2) is 11.2 Å². The fourth-order valence-corrected chi connectivity index (χ4v) is 8.33. The van der Waals surface area contributed by atoms with Crippen molar-refractivity contribution in [1.82, 2.24) is 24.6 Å². The maximum atomic E-state index is 14.4. The van der Waals surface area contributed by atoms with E-state index in [9.17, 15) is 14.4 Å². The average molecular weight is 714 g/mol. The maximum Gasteiger partial charge on any atom is 0.326 e. The third-order valence-corrected chi connectivity index (χ3v) is 11.0. The van der Waals surface area contributed by atoms with Gasteiger partial charge in [-0.3, -0.25) is 19.4 Å². The number of rotatable bonds is 13. The summed E-state index contributed by atoms with van der Waals surface area (Å²) in [4.78, 5) is 56.2. The summed E-state index contributed by atoms with van der Waals surface area (Å²) in [6.45, 7) is 3.69. The van der Waals surface area contributed by atoms with E-state index >= 15 is 0 Å². The number of nitrogen functional groups attached to an aromatic ring is 1. The molecular weight excluding hydrogens is 683 g/mol. The number of oxime groups is 1. The van der Waals surface area contributed by atoms with Gasteiger partial charge in [-0.1, -0.05) is 84.5 Å². The second-order valence-corrected chi connectivity index (χ2v) is 14.1. The number of pyridine rings is 1. The molecule has 0 spiro atoms. The Morgan fingerprint density at radius 1 is 1.14 bits per heavy atom. The molecule has 2 fully saturated rings. The van der Waals surface area contributed by atoms with Crippen LogP contribution in [0.15, 0.2) is 108 Å². The second kappa shape index (κ2) is 15.5. The van der Waals surface area contributed by atoms with Crippen molar-refractivity contribution in [2.75, 3.05) is 24.6 Å². The van der Waals surface area contributed by atoms with Gasteiger partial charge in [-0.05, 0) is 34.2 Å². The largest absolute Gasteiger partial charge is 0.451 e. The molecule has 4 aromatic rings. The fourth-order valence-electron chi connectivity index (χ4n) is 5.19. The van der Waals surface area contributed by atoms with E-state index in [1.54, 1.807) is 17.3 Å². The summed E-state index contributed by atoms with van der Waals surface area (Å²) in [5.74, 6) is -1.22. The van der Waals surface area contributed by atoms with Crippen molar-refractivity contribution in [3.63, 3.8) is 0 Å². The third kappa shape index (κ3) is 7.69. The Bertz CT molecular complexity index is 1820. The normalized spacial score (nSPS) is 20.4. The summed E-state index contributed by atoms with van der Waals surface area (Å²) in [5, 5.41) is 8.17. The van der Waals surface area contributed by atoms with Crippen molar-refractivity contribution in [1.29, 1.82) is 0 Å². The van der Waals surface area contributed by atoms with E-state index < -0.39 is 34.1 Å². The molecule has 2 aliphatic heterocycles. The Kier molecular flexibility index (Phi) is 10.7. The number of carbonyl (C=O) groups is 3. The van der Waals surface area contributed by atoms with Crippen LogP contribution in [0.2, 0.25) is 0 Å². The van der Waals surface area contributed by atoms with Crippen LogP contribution in [0.3, 0.4) is 0 Å². The molecule has 49 heavy (non-hydrogen) atoms. The number of benzene rings is 2. The van der Waals surface area contributed by atoms with Crippen LogP contribution in [-0.4, -0.2) is 77.8 Å².